The van der Waals surface area contributed by atoms with E-state index in [1.807, 2.05) is 48.9 Å². The third kappa shape index (κ3) is 6.94. The average Bonchev–Trinajstić information content (AvgIpc) is 3.13. The summed E-state index contributed by atoms with van der Waals surface area (Å²) in [4.78, 5) is 4.81. The van der Waals surface area contributed by atoms with Crippen molar-refractivity contribution in [2.45, 2.75) is 45.8 Å². The van der Waals surface area contributed by atoms with Crippen molar-refractivity contribution < 1.29 is 4.74 Å². The Balaban J connectivity index is 0.00000363. The molecule has 1 heterocycles. The molecule has 2 unspecified atom stereocenters. The largest absolute Gasteiger partial charge is 0.497 e. The number of hydrogen-bond donors (Lipinski definition) is 2. The summed E-state index contributed by atoms with van der Waals surface area (Å²) in [5.74, 6) is 3.65. The highest BCUT2D eigenvalue weighted by molar-refractivity contribution is 14.0. The molecule has 8 heteroatoms. The molecule has 2 N–H and O–H groups in total. The van der Waals surface area contributed by atoms with Crippen molar-refractivity contribution in [3.8, 4) is 5.75 Å². The van der Waals surface area contributed by atoms with Crippen molar-refractivity contribution in [1.29, 1.82) is 0 Å². The maximum atomic E-state index is 5.24. The van der Waals surface area contributed by atoms with E-state index in [4.69, 9.17) is 9.73 Å². The lowest BCUT2D eigenvalue weighted by Crippen LogP contribution is -2.44. The molecule has 2 aromatic carbocycles. The van der Waals surface area contributed by atoms with Gasteiger partial charge in [0.2, 0.25) is 0 Å². The van der Waals surface area contributed by atoms with Crippen molar-refractivity contribution in [2.24, 2.45) is 12.0 Å². The molecule has 0 aliphatic heterocycles. The molecular weight excluding hydrogens is 515 g/mol. The maximum absolute atomic E-state index is 5.24. The molecule has 2 atom stereocenters. The highest BCUT2D eigenvalue weighted by Crippen LogP contribution is 2.18. The molecule has 3 aromatic rings. The fourth-order valence-electron chi connectivity index (χ4n) is 3.21. The molecule has 0 amide bonds. The molecule has 0 fully saturated rings. The van der Waals surface area contributed by atoms with Crippen LogP contribution < -0.4 is 15.4 Å². The molecule has 1 aromatic heterocycles. The highest BCUT2D eigenvalue weighted by atomic mass is 127. The van der Waals surface area contributed by atoms with Gasteiger partial charge < -0.3 is 19.9 Å². The Morgan fingerprint density at radius 2 is 1.75 bits per heavy atom. The van der Waals surface area contributed by atoms with E-state index in [1.165, 1.54) is 5.56 Å². The normalized spacial score (nSPS) is 13.1. The molecule has 172 valence electrons. The Kier molecular flexibility index (Phi) is 9.96. The maximum Gasteiger partial charge on any atom is 0.192 e. The number of aryl methyl sites for hydroxylation is 1. The third-order valence-electron chi connectivity index (χ3n) is 5.62. The zero-order valence-corrected chi connectivity index (χ0v) is 21.7. The second-order valence-electron chi connectivity index (χ2n) is 7.72. The molecule has 7 nitrogen and oxygen atoms in total. The lowest BCUT2D eigenvalue weighted by atomic mass is 9.94. The number of hydrogen-bond acceptors (Lipinski definition) is 4. The number of aromatic nitrogens is 3. The smallest absolute Gasteiger partial charge is 0.192 e. The van der Waals surface area contributed by atoms with Gasteiger partial charge in [0.25, 0.3) is 0 Å². The molecule has 0 radical (unpaired) electrons. The SMILES string of the molecule is COc1ccc(CN=C(NCc2nnc(C)n2C)NC(C)C(C)c2ccccc2)cc1.I. The summed E-state index contributed by atoms with van der Waals surface area (Å²) in [5, 5.41) is 15.3. The number of aliphatic imine (C=N–C) groups is 1. The Labute approximate surface area is 207 Å². The van der Waals surface area contributed by atoms with Crippen LogP contribution in [0.25, 0.3) is 0 Å². The van der Waals surface area contributed by atoms with E-state index in [2.05, 4.69) is 58.9 Å². The van der Waals surface area contributed by atoms with Gasteiger partial charge in [0.05, 0.1) is 20.2 Å². The summed E-state index contributed by atoms with van der Waals surface area (Å²) in [5.41, 5.74) is 2.40. The zero-order valence-electron chi connectivity index (χ0n) is 19.4. The monoisotopic (exact) mass is 548 g/mol. The van der Waals surface area contributed by atoms with Crippen LogP contribution in [0.15, 0.2) is 59.6 Å². The van der Waals surface area contributed by atoms with E-state index in [0.717, 1.165) is 28.9 Å². The molecule has 0 saturated heterocycles. The van der Waals surface area contributed by atoms with Crippen LogP contribution in [0.1, 0.15) is 42.5 Å². The van der Waals surface area contributed by atoms with E-state index in [0.29, 0.717) is 19.0 Å². The van der Waals surface area contributed by atoms with Gasteiger partial charge in [0, 0.05) is 19.0 Å². The summed E-state index contributed by atoms with van der Waals surface area (Å²) in [7, 11) is 3.64. The lowest BCUT2D eigenvalue weighted by Gasteiger charge is -2.24. The van der Waals surface area contributed by atoms with Crippen LogP contribution in [-0.4, -0.2) is 33.9 Å². The molecule has 0 saturated carbocycles. The number of methoxy groups -OCH3 is 1. The van der Waals surface area contributed by atoms with Gasteiger partial charge >= 0.3 is 0 Å². The summed E-state index contributed by atoms with van der Waals surface area (Å²) < 4.78 is 7.22. The Hall–Kier alpha value is -2.62. The van der Waals surface area contributed by atoms with E-state index in [9.17, 15) is 0 Å². The van der Waals surface area contributed by atoms with Crippen molar-refractivity contribution in [3.05, 3.63) is 77.4 Å². The molecule has 32 heavy (non-hydrogen) atoms. The molecule has 0 aliphatic carbocycles. The summed E-state index contributed by atoms with van der Waals surface area (Å²) >= 11 is 0. The minimum absolute atomic E-state index is 0. The minimum atomic E-state index is 0. The first-order chi connectivity index (χ1) is 15.0. The van der Waals surface area contributed by atoms with E-state index >= 15 is 0 Å². The Morgan fingerprint density at radius 1 is 1.06 bits per heavy atom. The second-order valence-corrected chi connectivity index (χ2v) is 7.72. The van der Waals surface area contributed by atoms with Crippen LogP contribution in [-0.2, 0) is 20.1 Å². The average molecular weight is 548 g/mol. The molecule has 0 spiro atoms. The minimum Gasteiger partial charge on any atom is -0.497 e. The van der Waals surface area contributed by atoms with Crippen molar-refractivity contribution in [2.75, 3.05) is 7.11 Å². The van der Waals surface area contributed by atoms with E-state index < -0.39 is 0 Å². The van der Waals surface area contributed by atoms with E-state index in [-0.39, 0.29) is 30.0 Å². The van der Waals surface area contributed by atoms with Gasteiger partial charge in [-0.25, -0.2) is 4.99 Å². The van der Waals surface area contributed by atoms with Gasteiger partial charge in [0.1, 0.15) is 11.6 Å². The standard InChI is InChI=1S/C24H32N6O.HI/c1-17(21-9-7-6-8-10-21)18(2)27-24(26-16-23-29-28-19(3)30(23)4)25-15-20-11-13-22(31-5)14-12-20;/h6-14,17-18H,15-16H2,1-5H3,(H2,25,26,27);1H. The molecule has 0 bridgehead atoms. The zero-order chi connectivity index (χ0) is 22.2. The van der Waals surface area contributed by atoms with Gasteiger partial charge in [-0.15, -0.1) is 34.2 Å². The van der Waals surface area contributed by atoms with Crippen LogP contribution in [0.4, 0.5) is 0 Å². The first-order valence-corrected chi connectivity index (χ1v) is 10.6. The van der Waals surface area contributed by atoms with Gasteiger partial charge in [-0.1, -0.05) is 49.4 Å². The number of benzene rings is 2. The number of guanidine groups is 1. The Morgan fingerprint density at radius 3 is 2.34 bits per heavy atom. The Bertz CT molecular complexity index is 987. The first kappa shape index (κ1) is 25.6. The molecule has 0 aliphatic rings. The van der Waals surface area contributed by atoms with Crippen molar-refractivity contribution in [1.82, 2.24) is 25.4 Å². The quantitative estimate of drug-likeness (QED) is 0.251. The van der Waals surface area contributed by atoms with Crippen LogP contribution in [0.5, 0.6) is 5.75 Å². The third-order valence-corrected chi connectivity index (χ3v) is 5.62. The number of ether oxygens (including phenoxy) is 1. The number of nitrogens with one attached hydrogen (secondary N) is 2. The summed E-state index contributed by atoms with van der Waals surface area (Å²) in [6, 6.07) is 18.7. The van der Waals surface area contributed by atoms with E-state index in [1.54, 1.807) is 7.11 Å². The lowest BCUT2D eigenvalue weighted by molar-refractivity contribution is 0.414. The highest BCUT2D eigenvalue weighted by Gasteiger charge is 2.16. The fraction of sp³-hybridized carbons (Fsp3) is 0.375. The summed E-state index contributed by atoms with van der Waals surface area (Å²) in [6.45, 7) is 7.44. The number of rotatable bonds is 8. The fourth-order valence-corrected chi connectivity index (χ4v) is 3.21. The summed E-state index contributed by atoms with van der Waals surface area (Å²) in [6.07, 6.45) is 0. The van der Waals surface area contributed by atoms with Gasteiger partial charge in [-0.3, -0.25) is 0 Å². The topological polar surface area (TPSA) is 76.4 Å². The number of halogens is 1. The van der Waals surface area contributed by atoms with Gasteiger partial charge in [0.15, 0.2) is 11.8 Å². The predicted octanol–water partition coefficient (Wildman–Crippen LogP) is 4.18. The van der Waals surface area contributed by atoms with Crippen molar-refractivity contribution >= 4 is 29.9 Å². The van der Waals surface area contributed by atoms with Crippen molar-refractivity contribution in [3.63, 3.8) is 0 Å². The first-order valence-electron chi connectivity index (χ1n) is 10.6. The van der Waals surface area contributed by atoms with Crippen LogP contribution >= 0.6 is 24.0 Å². The molecule has 3 rings (SSSR count). The second kappa shape index (κ2) is 12.4. The van der Waals surface area contributed by atoms with Crippen LogP contribution in [0.3, 0.4) is 0 Å². The van der Waals surface area contributed by atoms with Gasteiger partial charge in [-0.2, -0.15) is 0 Å². The van der Waals surface area contributed by atoms with Crippen LogP contribution in [0, 0.1) is 6.92 Å². The van der Waals surface area contributed by atoms with Gasteiger partial charge in [-0.05, 0) is 37.1 Å². The van der Waals surface area contributed by atoms with Crippen LogP contribution in [0.2, 0.25) is 0 Å². The predicted molar refractivity (Wildman–Crippen MR) is 140 cm³/mol. The number of nitrogens with zero attached hydrogens (tertiary/aromatic N) is 4. The molecular formula is C24H33IN6O.